The van der Waals surface area contributed by atoms with E-state index in [1.54, 1.807) is 7.11 Å². The van der Waals surface area contributed by atoms with Gasteiger partial charge in [0.15, 0.2) is 0 Å². The number of nitrogens with zero attached hydrogens (tertiary/aromatic N) is 2. The summed E-state index contributed by atoms with van der Waals surface area (Å²) in [5.74, 6) is 0.954. The third-order valence-corrected chi connectivity index (χ3v) is 6.13. The lowest BCUT2D eigenvalue weighted by Crippen LogP contribution is -2.45. The summed E-state index contributed by atoms with van der Waals surface area (Å²) in [5, 5.41) is 0. The van der Waals surface area contributed by atoms with Gasteiger partial charge in [0.25, 0.3) is 5.91 Å². The van der Waals surface area contributed by atoms with Crippen molar-refractivity contribution in [2.45, 2.75) is 57.9 Å². The van der Waals surface area contributed by atoms with E-state index < -0.39 is 0 Å². The van der Waals surface area contributed by atoms with Gasteiger partial charge in [-0.25, -0.2) is 0 Å². The monoisotopic (exact) mass is 388 g/mol. The highest BCUT2D eigenvalue weighted by Crippen LogP contribution is 2.23. The Morgan fingerprint density at radius 2 is 1.89 bits per heavy atom. The molecule has 0 spiro atoms. The molecule has 5 nitrogen and oxygen atoms in total. The number of rotatable bonds is 7. The molecule has 0 bridgehead atoms. The zero-order valence-electron chi connectivity index (χ0n) is 17.6. The second kappa shape index (κ2) is 10.8. The number of amides is 1. The van der Waals surface area contributed by atoms with Crippen molar-refractivity contribution < 1.29 is 14.3 Å². The molecule has 0 saturated carbocycles. The average Bonchev–Trinajstić information content (AvgIpc) is 3.00. The smallest absolute Gasteiger partial charge is 0.254 e. The molecule has 0 atom stereocenters. The van der Waals surface area contributed by atoms with Crippen LogP contribution in [0.5, 0.6) is 5.75 Å². The third kappa shape index (κ3) is 5.71. The maximum Gasteiger partial charge on any atom is 0.254 e. The molecule has 0 aliphatic carbocycles. The van der Waals surface area contributed by atoms with Crippen molar-refractivity contribution in [1.29, 1.82) is 0 Å². The van der Waals surface area contributed by atoms with E-state index in [1.165, 1.54) is 38.8 Å². The number of methoxy groups -OCH3 is 1. The minimum Gasteiger partial charge on any atom is -0.497 e. The van der Waals surface area contributed by atoms with Crippen molar-refractivity contribution in [3.63, 3.8) is 0 Å². The fraction of sp³-hybridized carbons (Fsp3) is 0.696. The summed E-state index contributed by atoms with van der Waals surface area (Å²) in [6.45, 7) is 7.84. The molecule has 2 heterocycles. The van der Waals surface area contributed by atoms with Crippen LogP contribution in [0.2, 0.25) is 0 Å². The van der Waals surface area contributed by atoms with E-state index in [1.807, 2.05) is 25.1 Å². The Kier molecular flexibility index (Phi) is 8.16. The van der Waals surface area contributed by atoms with Crippen LogP contribution in [-0.4, -0.2) is 68.3 Å². The van der Waals surface area contributed by atoms with Crippen molar-refractivity contribution in [3.8, 4) is 5.75 Å². The van der Waals surface area contributed by atoms with Crippen LogP contribution in [0, 0.1) is 6.92 Å². The SMILES string of the molecule is COc1ccc(C(=O)N(CCCN2CCCCCC2)C2CCOCC2)c(C)c1. The minimum absolute atomic E-state index is 0.155. The quantitative estimate of drug-likeness (QED) is 0.711. The maximum absolute atomic E-state index is 13.4. The van der Waals surface area contributed by atoms with Crippen molar-refractivity contribution in [3.05, 3.63) is 29.3 Å². The molecular weight excluding hydrogens is 352 g/mol. The molecule has 0 N–H and O–H groups in total. The van der Waals surface area contributed by atoms with E-state index in [0.717, 1.165) is 62.4 Å². The standard InChI is InChI=1S/C23H36N2O3/c1-19-18-21(27-2)8-9-22(19)23(26)25(20-10-16-28-17-11-20)15-7-14-24-12-5-3-4-6-13-24/h8-9,18,20H,3-7,10-17H2,1-2H3. The molecule has 5 heteroatoms. The normalized spacial score (nSPS) is 19.2. The van der Waals surface area contributed by atoms with Crippen molar-refractivity contribution in [2.75, 3.05) is 46.5 Å². The number of ether oxygens (including phenoxy) is 2. The molecule has 2 aliphatic rings. The van der Waals surface area contributed by atoms with Gasteiger partial charge in [-0.05, 0) is 82.4 Å². The number of carbonyl (C=O) groups is 1. The molecule has 0 aromatic heterocycles. The maximum atomic E-state index is 13.4. The van der Waals surface area contributed by atoms with E-state index in [2.05, 4.69) is 9.80 Å². The molecule has 28 heavy (non-hydrogen) atoms. The molecule has 1 aromatic rings. The van der Waals surface area contributed by atoms with Gasteiger partial charge >= 0.3 is 0 Å². The highest BCUT2D eigenvalue weighted by molar-refractivity contribution is 5.96. The van der Waals surface area contributed by atoms with E-state index in [9.17, 15) is 4.79 Å². The molecule has 156 valence electrons. The first-order valence-corrected chi connectivity index (χ1v) is 10.9. The summed E-state index contributed by atoms with van der Waals surface area (Å²) in [6, 6.07) is 6.04. The van der Waals surface area contributed by atoms with Gasteiger partial charge in [-0.2, -0.15) is 0 Å². The van der Waals surface area contributed by atoms with Crippen molar-refractivity contribution in [1.82, 2.24) is 9.80 Å². The number of likely N-dealkylation sites (tertiary alicyclic amines) is 1. The average molecular weight is 389 g/mol. The second-order valence-electron chi connectivity index (χ2n) is 8.13. The van der Waals surface area contributed by atoms with Gasteiger partial charge < -0.3 is 19.3 Å². The van der Waals surface area contributed by atoms with Crippen LogP contribution in [0.25, 0.3) is 0 Å². The van der Waals surface area contributed by atoms with Crippen LogP contribution >= 0.6 is 0 Å². The number of aryl methyl sites for hydroxylation is 1. The molecule has 0 unspecified atom stereocenters. The molecule has 2 fully saturated rings. The van der Waals surface area contributed by atoms with E-state index in [4.69, 9.17) is 9.47 Å². The first-order chi connectivity index (χ1) is 13.7. The van der Waals surface area contributed by atoms with Crippen molar-refractivity contribution >= 4 is 5.91 Å². The van der Waals surface area contributed by atoms with Crippen molar-refractivity contribution in [2.24, 2.45) is 0 Å². The highest BCUT2D eigenvalue weighted by atomic mass is 16.5. The first kappa shape index (κ1) is 21.1. The fourth-order valence-electron chi connectivity index (χ4n) is 4.43. The van der Waals surface area contributed by atoms with Gasteiger partial charge in [-0.3, -0.25) is 4.79 Å². The Morgan fingerprint density at radius 1 is 1.18 bits per heavy atom. The highest BCUT2D eigenvalue weighted by Gasteiger charge is 2.27. The summed E-state index contributed by atoms with van der Waals surface area (Å²) < 4.78 is 10.8. The summed E-state index contributed by atoms with van der Waals surface area (Å²) in [4.78, 5) is 18.1. The van der Waals surface area contributed by atoms with Crippen LogP contribution in [0.3, 0.4) is 0 Å². The van der Waals surface area contributed by atoms with Gasteiger partial charge in [0.1, 0.15) is 5.75 Å². The molecular formula is C23H36N2O3. The topological polar surface area (TPSA) is 42.0 Å². The Bertz CT molecular complexity index is 620. The Morgan fingerprint density at radius 3 is 2.54 bits per heavy atom. The summed E-state index contributed by atoms with van der Waals surface area (Å²) in [5.41, 5.74) is 1.77. The van der Waals surface area contributed by atoms with Gasteiger partial charge in [-0.1, -0.05) is 12.8 Å². The molecule has 2 aliphatic heterocycles. The fourth-order valence-corrected chi connectivity index (χ4v) is 4.43. The Balaban J connectivity index is 1.66. The predicted molar refractivity (Wildman–Crippen MR) is 112 cm³/mol. The summed E-state index contributed by atoms with van der Waals surface area (Å²) in [7, 11) is 1.66. The van der Waals surface area contributed by atoms with E-state index >= 15 is 0 Å². The lowest BCUT2D eigenvalue weighted by atomic mass is 10.0. The zero-order valence-corrected chi connectivity index (χ0v) is 17.6. The summed E-state index contributed by atoms with van der Waals surface area (Å²) >= 11 is 0. The number of carbonyl (C=O) groups excluding carboxylic acids is 1. The lowest BCUT2D eigenvalue weighted by Gasteiger charge is -2.35. The number of benzene rings is 1. The second-order valence-corrected chi connectivity index (χ2v) is 8.13. The summed E-state index contributed by atoms with van der Waals surface area (Å²) in [6.07, 6.45) is 8.26. The minimum atomic E-state index is 0.155. The largest absolute Gasteiger partial charge is 0.497 e. The Hall–Kier alpha value is -1.59. The molecule has 1 aromatic carbocycles. The molecule has 2 saturated heterocycles. The zero-order chi connectivity index (χ0) is 19.8. The molecule has 1 amide bonds. The van der Waals surface area contributed by atoms with Crippen LogP contribution in [0.15, 0.2) is 18.2 Å². The van der Waals surface area contributed by atoms with Crippen LogP contribution < -0.4 is 4.74 Å². The predicted octanol–water partition coefficient (Wildman–Crippen LogP) is 3.89. The third-order valence-electron chi connectivity index (χ3n) is 6.13. The molecule has 3 rings (SSSR count). The van der Waals surface area contributed by atoms with Gasteiger partial charge in [0.2, 0.25) is 0 Å². The molecule has 0 radical (unpaired) electrons. The first-order valence-electron chi connectivity index (χ1n) is 10.9. The van der Waals surface area contributed by atoms with E-state index in [-0.39, 0.29) is 11.9 Å². The van der Waals surface area contributed by atoms with Gasteiger partial charge in [-0.15, -0.1) is 0 Å². The van der Waals surface area contributed by atoms with Crippen LogP contribution in [0.1, 0.15) is 60.9 Å². The Labute approximate surface area is 170 Å². The van der Waals surface area contributed by atoms with Crippen LogP contribution in [0.4, 0.5) is 0 Å². The van der Waals surface area contributed by atoms with Gasteiger partial charge in [0, 0.05) is 31.4 Å². The number of hydrogen-bond donors (Lipinski definition) is 0. The van der Waals surface area contributed by atoms with Crippen LogP contribution in [-0.2, 0) is 4.74 Å². The van der Waals surface area contributed by atoms with E-state index in [0.29, 0.717) is 0 Å². The number of hydrogen-bond acceptors (Lipinski definition) is 4. The van der Waals surface area contributed by atoms with Gasteiger partial charge in [0.05, 0.1) is 7.11 Å². The lowest BCUT2D eigenvalue weighted by molar-refractivity contribution is 0.0280.